The number of carbonyl (C=O) groups excluding carboxylic acids is 1. The molecule has 2 N–H and O–H groups in total. The average molecular weight is 607 g/mol. The summed E-state index contributed by atoms with van der Waals surface area (Å²) in [7, 11) is 1.74. The molecule has 2 aliphatic carbocycles. The van der Waals surface area contributed by atoms with Gasteiger partial charge >= 0.3 is 6.36 Å². The Labute approximate surface area is 255 Å². The highest BCUT2D eigenvalue weighted by atomic mass is 19.4. The van der Waals surface area contributed by atoms with Crippen molar-refractivity contribution >= 4 is 12.0 Å². The van der Waals surface area contributed by atoms with Crippen LogP contribution in [0.5, 0.6) is 11.5 Å². The molecule has 2 fully saturated rings. The van der Waals surface area contributed by atoms with E-state index in [9.17, 15) is 28.2 Å². The van der Waals surface area contributed by atoms with Gasteiger partial charge in [0.15, 0.2) is 0 Å². The zero-order chi connectivity index (χ0) is 31.1. The van der Waals surface area contributed by atoms with Crippen LogP contribution in [-0.2, 0) is 23.1 Å². The fraction of sp³-hybridized carbons (Fsp3) is 0.400. The first-order valence-corrected chi connectivity index (χ1v) is 15.1. The second-order valence-electron chi connectivity index (χ2n) is 12.4. The molecule has 6 nitrogen and oxygen atoms in total. The molecule has 1 heterocycles. The Morgan fingerprint density at radius 1 is 1.09 bits per heavy atom. The van der Waals surface area contributed by atoms with E-state index in [0.717, 1.165) is 30.6 Å². The summed E-state index contributed by atoms with van der Waals surface area (Å²) in [5.41, 5.74) is 2.12. The Morgan fingerprint density at radius 3 is 2.66 bits per heavy atom. The number of fused-ring (bicyclic) bond motifs is 1. The number of phenolic OH excluding ortho intramolecular Hbond substituents is 1. The van der Waals surface area contributed by atoms with Gasteiger partial charge in [-0.25, -0.2) is 0 Å². The summed E-state index contributed by atoms with van der Waals surface area (Å²) >= 11 is 0. The number of piperidine rings is 1. The third-order valence-electron chi connectivity index (χ3n) is 10.0. The van der Waals surface area contributed by atoms with Crippen LogP contribution in [0.2, 0.25) is 0 Å². The van der Waals surface area contributed by atoms with Gasteiger partial charge in [0, 0.05) is 37.2 Å². The molecule has 0 spiro atoms. The minimum atomic E-state index is -4.80. The van der Waals surface area contributed by atoms with Gasteiger partial charge in [-0.05, 0) is 97.7 Å². The number of hydrogen-bond acceptors (Lipinski definition) is 5. The number of halogens is 3. The lowest BCUT2D eigenvalue weighted by Gasteiger charge is -2.65. The minimum absolute atomic E-state index is 0.0787. The number of ether oxygens (including phenoxy) is 1. The Bertz CT molecular complexity index is 1540. The molecule has 9 heteroatoms. The molecule has 1 aliphatic heterocycles. The highest BCUT2D eigenvalue weighted by Crippen LogP contribution is 2.59. The number of rotatable bonds is 7. The summed E-state index contributed by atoms with van der Waals surface area (Å²) in [5.74, 6) is -0.463. The van der Waals surface area contributed by atoms with E-state index >= 15 is 0 Å². The second-order valence-corrected chi connectivity index (χ2v) is 12.4. The number of likely N-dealkylation sites (tertiary alicyclic amines) is 1. The molecule has 44 heavy (non-hydrogen) atoms. The Balaban J connectivity index is 1.23. The summed E-state index contributed by atoms with van der Waals surface area (Å²) in [6, 6.07) is 21.1. The fourth-order valence-corrected chi connectivity index (χ4v) is 7.87. The maximum Gasteiger partial charge on any atom is 0.573 e. The number of alkyl halides is 3. The van der Waals surface area contributed by atoms with E-state index in [2.05, 4.69) is 21.8 Å². The topological polar surface area (TPSA) is 73.2 Å². The lowest BCUT2D eigenvalue weighted by atomic mass is 9.48. The standard InChI is InChI=1S/C35H37F3N2O4/c1-39(32(42)13-10-25-8-5-9-29(20-25)44-35(36,37)38)27-14-16-34(43)31-21-26-11-12-28(41)22-30(26)33(34,23-27)17-19-40(31)18-15-24-6-3-2-4-7-24/h2-13,20,22,27,31,41,43H,14-19,21,23H2,1H3/t27-,31+,33+,34+/m0/s1. The maximum atomic E-state index is 13.3. The van der Waals surface area contributed by atoms with Crippen LogP contribution < -0.4 is 4.74 Å². The van der Waals surface area contributed by atoms with Crippen LogP contribution in [0.25, 0.3) is 6.08 Å². The zero-order valence-electron chi connectivity index (χ0n) is 24.6. The molecule has 0 aromatic heterocycles. The van der Waals surface area contributed by atoms with E-state index in [4.69, 9.17) is 0 Å². The van der Waals surface area contributed by atoms with Crippen LogP contribution in [0, 0.1) is 0 Å². The maximum absolute atomic E-state index is 13.3. The van der Waals surface area contributed by atoms with Crippen molar-refractivity contribution < 1.29 is 32.9 Å². The van der Waals surface area contributed by atoms with Crippen LogP contribution in [-0.4, -0.2) is 70.1 Å². The molecule has 232 valence electrons. The first-order valence-electron chi connectivity index (χ1n) is 15.1. The van der Waals surface area contributed by atoms with E-state index in [1.54, 1.807) is 30.1 Å². The normalized spacial score (nSPS) is 26.6. The summed E-state index contributed by atoms with van der Waals surface area (Å²) in [4.78, 5) is 17.4. The van der Waals surface area contributed by atoms with E-state index in [1.807, 2.05) is 24.3 Å². The smallest absolute Gasteiger partial charge is 0.508 e. The van der Waals surface area contributed by atoms with Crippen molar-refractivity contribution in [3.63, 3.8) is 0 Å². The first kappa shape index (κ1) is 30.2. The number of hydrogen-bond donors (Lipinski definition) is 2. The lowest BCUT2D eigenvalue weighted by Crippen LogP contribution is -2.74. The quantitative estimate of drug-likeness (QED) is 0.330. The number of benzene rings is 3. The predicted octanol–water partition coefficient (Wildman–Crippen LogP) is 5.86. The minimum Gasteiger partial charge on any atom is -0.508 e. The Hall–Kier alpha value is -3.82. The number of likely N-dealkylation sites (N-methyl/N-ethyl adjacent to an activating group) is 1. The molecule has 0 unspecified atom stereocenters. The fourth-order valence-electron chi connectivity index (χ4n) is 7.87. The number of phenols is 1. The lowest BCUT2D eigenvalue weighted by molar-refractivity contribution is -0.274. The molecule has 1 saturated heterocycles. The molecule has 1 saturated carbocycles. The summed E-state index contributed by atoms with van der Waals surface area (Å²) in [5, 5.41) is 23.1. The van der Waals surface area contributed by atoms with Gasteiger partial charge in [0.1, 0.15) is 11.5 Å². The summed E-state index contributed by atoms with van der Waals surface area (Å²) < 4.78 is 41.9. The molecule has 2 bridgehead atoms. The Kier molecular flexibility index (Phi) is 7.96. The molecule has 3 aliphatic rings. The summed E-state index contributed by atoms with van der Waals surface area (Å²) in [6.07, 6.45) is 2.00. The van der Waals surface area contributed by atoms with Gasteiger partial charge in [0.25, 0.3) is 0 Å². The van der Waals surface area contributed by atoms with Crippen LogP contribution in [0.3, 0.4) is 0 Å². The molecule has 3 aromatic carbocycles. The van der Waals surface area contributed by atoms with Crippen LogP contribution in [0.1, 0.15) is 47.9 Å². The van der Waals surface area contributed by atoms with Crippen LogP contribution >= 0.6 is 0 Å². The number of amides is 1. The third-order valence-corrected chi connectivity index (χ3v) is 10.0. The number of aliphatic hydroxyl groups is 1. The van der Waals surface area contributed by atoms with Gasteiger partial charge in [-0.15, -0.1) is 13.2 Å². The third kappa shape index (κ3) is 5.71. The van der Waals surface area contributed by atoms with Gasteiger partial charge in [-0.2, -0.15) is 0 Å². The van der Waals surface area contributed by atoms with Crippen molar-refractivity contribution in [3.05, 3.63) is 101 Å². The highest BCUT2D eigenvalue weighted by Gasteiger charge is 2.64. The molecule has 1 amide bonds. The van der Waals surface area contributed by atoms with Crippen LogP contribution in [0.4, 0.5) is 13.2 Å². The number of nitrogens with zero attached hydrogens (tertiary/aromatic N) is 2. The van der Waals surface area contributed by atoms with Gasteiger partial charge in [-0.3, -0.25) is 9.69 Å². The van der Waals surface area contributed by atoms with Gasteiger partial charge < -0.3 is 19.8 Å². The van der Waals surface area contributed by atoms with Crippen molar-refractivity contribution in [3.8, 4) is 11.5 Å². The van der Waals surface area contributed by atoms with Gasteiger partial charge in [-0.1, -0.05) is 48.5 Å². The van der Waals surface area contributed by atoms with E-state index in [0.29, 0.717) is 37.7 Å². The van der Waals surface area contributed by atoms with Crippen LogP contribution in [0.15, 0.2) is 78.9 Å². The van der Waals surface area contributed by atoms with Gasteiger partial charge in [0.2, 0.25) is 5.91 Å². The van der Waals surface area contributed by atoms with Crippen molar-refractivity contribution in [2.24, 2.45) is 0 Å². The van der Waals surface area contributed by atoms with E-state index in [1.165, 1.54) is 35.9 Å². The van der Waals surface area contributed by atoms with Crippen molar-refractivity contribution in [1.82, 2.24) is 9.80 Å². The molecule has 6 rings (SSSR count). The number of carbonyl (C=O) groups is 1. The van der Waals surface area contributed by atoms with Crippen molar-refractivity contribution in [2.75, 3.05) is 20.1 Å². The highest BCUT2D eigenvalue weighted by molar-refractivity contribution is 5.91. The molecular weight excluding hydrogens is 569 g/mol. The van der Waals surface area contributed by atoms with E-state index < -0.39 is 17.4 Å². The zero-order valence-corrected chi connectivity index (χ0v) is 24.6. The first-order chi connectivity index (χ1) is 21.0. The molecular formula is C35H37F3N2O4. The predicted molar refractivity (Wildman–Crippen MR) is 161 cm³/mol. The SMILES string of the molecule is CN(C(=O)C=Cc1cccc(OC(F)(F)F)c1)[C@H]1CC[C@@]2(O)[C@H]3Cc4ccc(O)cc4[C@@]2(CCN3CCc2ccccc2)C1. The molecule has 0 radical (unpaired) electrons. The van der Waals surface area contributed by atoms with Gasteiger partial charge in [0.05, 0.1) is 5.60 Å². The summed E-state index contributed by atoms with van der Waals surface area (Å²) in [6.45, 7) is 1.64. The monoisotopic (exact) mass is 606 g/mol. The largest absolute Gasteiger partial charge is 0.573 e. The van der Waals surface area contributed by atoms with Crippen molar-refractivity contribution in [2.45, 2.75) is 68.0 Å². The van der Waals surface area contributed by atoms with E-state index in [-0.39, 0.29) is 29.5 Å². The van der Waals surface area contributed by atoms with Crippen molar-refractivity contribution in [1.29, 1.82) is 0 Å². The second kappa shape index (κ2) is 11.6. The molecule has 4 atom stereocenters. The average Bonchev–Trinajstić information content (AvgIpc) is 2.99. The number of aromatic hydroxyl groups is 1. The molecule has 3 aromatic rings. The Morgan fingerprint density at radius 2 is 1.89 bits per heavy atom.